The van der Waals surface area contributed by atoms with Crippen LogP contribution < -0.4 is 16.4 Å². The summed E-state index contributed by atoms with van der Waals surface area (Å²) in [5.41, 5.74) is 5.54. The Labute approximate surface area is 127 Å². The Hall–Kier alpha value is -2.28. The summed E-state index contributed by atoms with van der Waals surface area (Å²) in [4.78, 5) is 0. The van der Waals surface area contributed by atoms with Crippen molar-refractivity contribution in [1.29, 1.82) is 0 Å². The molecule has 0 unspecified atom stereocenters. The SMILES string of the molecule is CCc1ccccc1B(c1ccccc1)c1ccccc1. The van der Waals surface area contributed by atoms with Crippen molar-refractivity contribution < 1.29 is 0 Å². The Morgan fingerprint density at radius 3 is 1.62 bits per heavy atom. The van der Waals surface area contributed by atoms with Crippen molar-refractivity contribution in [3.8, 4) is 0 Å². The molecule has 0 spiro atoms. The lowest BCUT2D eigenvalue weighted by Gasteiger charge is -2.18. The topological polar surface area (TPSA) is 0 Å². The predicted octanol–water partition coefficient (Wildman–Crippen LogP) is 2.77. The monoisotopic (exact) mass is 270 g/mol. The molecule has 0 nitrogen and oxygen atoms in total. The normalized spacial score (nSPS) is 10.3. The minimum Gasteiger partial charge on any atom is -0.0687 e. The highest BCUT2D eigenvalue weighted by Gasteiger charge is 2.22. The summed E-state index contributed by atoms with van der Waals surface area (Å²) in [6, 6.07) is 30.4. The largest absolute Gasteiger partial charge is 0.241 e. The van der Waals surface area contributed by atoms with Crippen molar-refractivity contribution in [3.05, 3.63) is 90.5 Å². The van der Waals surface area contributed by atoms with Crippen molar-refractivity contribution in [1.82, 2.24) is 0 Å². The molecule has 3 aromatic carbocycles. The van der Waals surface area contributed by atoms with Crippen LogP contribution in [0.3, 0.4) is 0 Å². The van der Waals surface area contributed by atoms with Gasteiger partial charge in [-0.3, -0.25) is 0 Å². The minimum atomic E-state index is 0.309. The third-order valence-electron chi connectivity index (χ3n) is 4.01. The number of hydrogen-bond donors (Lipinski definition) is 0. The first-order chi connectivity index (χ1) is 10.4. The van der Waals surface area contributed by atoms with Gasteiger partial charge in [-0.15, -0.1) is 0 Å². The molecule has 0 atom stereocenters. The molecule has 0 N–H and O–H groups in total. The zero-order valence-electron chi connectivity index (χ0n) is 12.4. The summed E-state index contributed by atoms with van der Waals surface area (Å²) in [6.45, 7) is 2.54. The summed E-state index contributed by atoms with van der Waals surface area (Å²) in [5, 5.41) is 0. The first kappa shape index (κ1) is 13.7. The van der Waals surface area contributed by atoms with E-state index in [1.807, 2.05) is 0 Å². The fourth-order valence-electron chi connectivity index (χ4n) is 2.98. The summed E-state index contributed by atoms with van der Waals surface area (Å²) in [5.74, 6) is 0. The average Bonchev–Trinajstić information content (AvgIpc) is 2.58. The van der Waals surface area contributed by atoms with Crippen LogP contribution in [0.4, 0.5) is 0 Å². The first-order valence-corrected chi connectivity index (χ1v) is 7.58. The number of aryl methyl sites for hydroxylation is 1. The molecule has 21 heavy (non-hydrogen) atoms. The highest BCUT2D eigenvalue weighted by atomic mass is 14.0. The molecule has 0 aromatic heterocycles. The second-order valence-corrected chi connectivity index (χ2v) is 5.31. The molecule has 0 saturated carbocycles. The molecular weight excluding hydrogens is 251 g/mol. The Bertz CT molecular complexity index is 650. The summed E-state index contributed by atoms with van der Waals surface area (Å²) < 4.78 is 0. The van der Waals surface area contributed by atoms with Crippen LogP contribution in [0.1, 0.15) is 12.5 Å². The van der Waals surface area contributed by atoms with Crippen LogP contribution in [0.2, 0.25) is 0 Å². The fraction of sp³-hybridized carbons (Fsp3) is 0.100. The van der Waals surface area contributed by atoms with Gasteiger partial charge in [0.25, 0.3) is 0 Å². The molecule has 0 aliphatic heterocycles. The molecule has 0 aliphatic carbocycles. The van der Waals surface area contributed by atoms with Crippen LogP contribution in [-0.2, 0) is 6.42 Å². The molecule has 0 heterocycles. The number of hydrogen-bond acceptors (Lipinski definition) is 0. The molecule has 0 amide bonds. The Kier molecular flexibility index (Phi) is 4.21. The van der Waals surface area contributed by atoms with Crippen LogP contribution in [0, 0.1) is 0 Å². The van der Waals surface area contributed by atoms with E-state index in [4.69, 9.17) is 0 Å². The van der Waals surface area contributed by atoms with Gasteiger partial charge in [0.05, 0.1) is 0 Å². The Morgan fingerprint density at radius 2 is 1.10 bits per heavy atom. The zero-order chi connectivity index (χ0) is 14.5. The quantitative estimate of drug-likeness (QED) is 0.639. The van der Waals surface area contributed by atoms with E-state index in [0.717, 1.165) is 6.42 Å². The van der Waals surface area contributed by atoms with Crippen molar-refractivity contribution >= 4 is 23.1 Å². The van der Waals surface area contributed by atoms with Gasteiger partial charge >= 0.3 is 0 Å². The zero-order valence-corrected chi connectivity index (χ0v) is 12.4. The van der Waals surface area contributed by atoms with Gasteiger partial charge in [0.15, 0.2) is 0 Å². The highest BCUT2D eigenvalue weighted by Crippen LogP contribution is 2.02. The van der Waals surface area contributed by atoms with E-state index in [2.05, 4.69) is 91.9 Å². The highest BCUT2D eigenvalue weighted by molar-refractivity contribution is 6.95. The molecule has 1 heteroatoms. The molecule has 0 aliphatic rings. The lowest BCUT2D eigenvalue weighted by Crippen LogP contribution is -2.53. The van der Waals surface area contributed by atoms with Gasteiger partial charge in [-0.2, -0.15) is 0 Å². The van der Waals surface area contributed by atoms with Crippen LogP contribution in [0.5, 0.6) is 0 Å². The second-order valence-electron chi connectivity index (χ2n) is 5.31. The van der Waals surface area contributed by atoms with Gasteiger partial charge in [-0.05, 0) is 6.42 Å². The molecule has 0 bridgehead atoms. The van der Waals surface area contributed by atoms with E-state index in [1.54, 1.807) is 0 Å². The fourth-order valence-corrected chi connectivity index (χ4v) is 2.98. The Balaban J connectivity index is 2.17. The van der Waals surface area contributed by atoms with Crippen molar-refractivity contribution in [3.63, 3.8) is 0 Å². The molecule has 102 valence electrons. The maximum atomic E-state index is 2.27. The summed E-state index contributed by atoms with van der Waals surface area (Å²) in [6.07, 6.45) is 1.06. The smallest absolute Gasteiger partial charge is 0.0687 e. The van der Waals surface area contributed by atoms with Crippen molar-refractivity contribution in [2.75, 3.05) is 0 Å². The molecular formula is C20H19B. The van der Waals surface area contributed by atoms with Crippen LogP contribution in [0.15, 0.2) is 84.9 Å². The summed E-state index contributed by atoms with van der Waals surface area (Å²) >= 11 is 0. The van der Waals surface area contributed by atoms with Crippen LogP contribution in [0.25, 0.3) is 0 Å². The maximum absolute atomic E-state index is 2.27. The van der Waals surface area contributed by atoms with Gasteiger partial charge in [0, 0.05) is 0 Å². The van der Waals surface area contributed by atoms with Gasteiger partial charge in [-0.25, -0.2) is 0 Å². The van der Waals surface area contributed by atoms with E-state index in [1.165, 1.54) is 22.0 Å². The van der Waals surface area contributed by atoms with E-state index >= 15 is 0 Å². The molecule has 3 aromatic rings. The predicted molar refractivity (Wildman–Crippen MR) is 93.4 cm³/mol. The van der Waals surface area contributed by atoms with E-state index < -0.39 is 0 Å². The van der Waals surface area contributed by atoms with E-state index in [0.29, 0.717) is 6.71 Å². The Morgan fingerprint density at radius 1 is 0.619 bits per heavy atom. The molecule has 0 saturated heterocycles. The molecule has 3 rings (SSSR count). The van der Waals surface area contributed by atoms with Gasteiger partial charge in [0.2, 0.25) is 6.71 Å². The van der Waals surface area contributed by atoms with Gasteiger partial charge < -0.3 is 0 Å². The minimum absolute atomic E-state index is 0.309. The van der Waals surface area contributed by atoms with Crippen molar-refractivity contribution in [2.45, 2.75) is 13.3 Å². The third kappa shape index (κ3) is 2.92. The lowest BCUT2D eigenvalue weighted by atomic mass is 9.36. The van der Waals surface area contributed by atoms with E-state index in [9.17, 15) is 0 Å². The van der Waals surface area contributed by atoms with E-state index in [-0.39, 0.29) is 0 Å². The molecule has 0 fully saturated rings. The second kappa shape index (κ2) is 6.45. The van der Waals surface area contributed by atoms with Crippen LogP contribution in [-0.4, -0.2) is 6.71 Å². The lowest BCUT2D eigenvalue weighted by molar-refractivity contribution is 1.15. The summed E-state index contributed by atoms with van der Waals surface area (Å²) in [7, 11) is 0. The number of benzene rings is 3. The van der Waals surface area contributed by atoms with Gasteiger partial charge in [-0.1, -0.05) is 114 Å². The number of rotatable bonds is 4. The molecule has 0 radical (unpaired) electrons. The third-order valence-corrected chi connectivity index (χ3v) is 4.01. The first-order valence-electron chi connectivity index (χ1n) is 7.58. The van der Waals surface area contributed by atoms with Crippen LogP contribution >= 0.6 is 0 Å². The maximum Gasteiger partial charge on any atom is 0.241 e. The standard InChI is InChI=1S/C20H19B/c1-2-17-11-9-10-16-20(17)21(18-12-5-3-6-13-18)19-14-7-4-8-15-19/h3-16H,2H2,1H3. The average molecular weight is 270 g/mol. The van der Waals surface area contributed by atoms with Crippen molar-refractivity contribution in [2.24, 2.45) is 0 Å². The van der Waals surface area contributed by atoms with Gasteiger partial charge in [0.1, 0.15) is 0 Å².